The van der Waals surface area contributed by atoms with E-state index in [4.69, 9.17) is 4.74 Å². The van der Waals surface area contributed by atoms with E-state index in [1.807, 2.05) is 39.9 Å². The Morgan fingerprint density at radius 2 is 1.87 bits per heavy atom. The fourth-order valence-electron chi connectivity index (χ4n) is 4.24. The van der Waals surface area contributed by atoms with Crippen molar-refractivity contribution in [1.82, 2.24) is 9.78 Å². The van der Waals surface area contributed by atoms with Crippen molar-refractivity contribution in [2.75, 3.05) is 36.5 Å². The number of fused-ring (bicyclic) bond motifs is 1. The minimum atomic E-state index is -0.352. The van der Waals surface area contributed by atoms with Gasteiger partial charge in [0, 0.05) is 30.0 Å². The van der Waals surface area contributed by atoms with Crippen molar-refractivity contribution >= 4 is 17.3 Å². The summed E-state index contributed by atoms with van der Waals surface area (Å²) in [6.07, 6.45) is 2.73. The lowest BCUT2D eigenvalue weighted by Gasteiger charge is -2.29. The Balaban J connectivity index is 1.39. The molecule has 7 heteroatoms. The van der Waals surface area contributed by atoms with Gasteiger partial charge in [-0.05, 0) is 49.6 Å². The monoisotopic (exact) mass is 406 g/mol. The Morgan fingerprint density at radius 3 is 2.63 bits per heavy atom. The Morgan fingerprint density at radius 1 is 1.07 bits per heavy atom. The molecule has 30 heavy (non-hydrogen) atoms. The number of nitrogens with zero attached hydrogens (tertiary/aromatic N) is 3. The van der Waals surface area contributed by atoms with E-state index in [1.165, 1.54) is 6.07 Å². The Hall–Kier alpha value is -3.19. The third-order valence-corrected chi connectivity index (χ3v) is 5.70. The number of anilines is 2. The molecule has 2 aliphatic rings. The van der Waals surface area contributed by atoms with Crippen LogP contribution in [-0.2, 0) is 17.6 Å². The number of aromatic nitrogens is 2. The number of hydrogen-bond acceptors (Lipinski definition) is 4. The number of ether oxygens (including phenoxy) is 1. The molecule has 0 radical (unpaired) electrons. The maximum atomic E-state index is 14.7. The molecule has 6 nitrogen and oxygen atoms in total. The second-order valence-corrected chi connectivity index (χ2v) is 7.59. The largest absolute Gasteiger partial charge is 0.378 e. The number of rotatable bonds is 4. The molecule has 2 heterocycles. The zero-order valence-electron chi connectivity index (χ0n) is 16.6. The van der Waals surface area contributed by atoms with E-state index in [1.54, 1.807) is 12.1 Å². The molecule has 1 amide bonds. The second-order valence-electron chi connectivity index (χ2n) is 7.59. The molecule has 1 fully saturated rings. The van der Waals surface area contributed by atoms with Crippen molar-refractivity contribution in [3.8, 4) is 5.69 Å². The Labute approximate surface area is 174 Å². The number of carbonyl (C=O) groups is 1. The molecule has 1 N–H and O–H groups in total. The van der Waals surface area contributed by atoms with Crippen molar-refractivity contribution in [3.05, 3.63) is 71.3 Å². The van der Waals surface area contributed by atoms with E-state index in [0.29, 0.717) is 43.4 Å². The minimum absolute atomic E-state index is 0.304. The third-order valence-electron chi connectivity index (χ3n) is 5.70. The highest BCUT2D eigenvalue weighted by molar-refractivity contribution is 6.04. The molecule has 0 atom stereocenters. The first-order valence-electron chi connectivity index (χ1n) is 10.3. The van der Waals surface area contributed by atoms with Crippen molar-refractivity contribution in [3.63, 3.8) is 0 Å². The summed E-state index contributed by atoms with van der Waals surface area (Å²) in [5, 5.41) is 7.43. The standard InChI is InChI=1S/C23H23FN4O2/c24-19-15-16(9-10-21(19)27-11-13-30-14-12-27)25-23(29)22-18-7-4-8-20(18)28(26-22)17-5-2-1-3-6-17/h1-3,5-6,9-10,15H,4,7-8,11-14H2,(H,25,29). The van der Waals surface area contributed by atoms with Crippen molar-refractivity contribution in [2.24, 2.45) is 0 Å². The minimum Gasteiger partial charge on any atom is -0.378 e. The lowest BCUT2D eigenvalue weighted by Crippen LogP contribution is -2.36. The van der Waals surface area contributed by atoms with Crippen LogP contribution in [-0.4, -0.2) is 42.0 Å². The molecule has 5 rings (SSSR count). The van der Waals surface area contributed by atoms with Gasteiger partial charge in [0.1, 0.15) is 5.82 Å². The molecule has 154 valence electrons. The smallest absolute Gasteiger partial charge is 0.276 e. The van der Waals surface area contributed by atoms with E-state index in [0.717, 1.165) is 36.2 Å². The van der Waals surface area contributed by atoms with Crippen LogP contribution in [0.15, 0.2) is 48.5 Å². The second kappa shape index (κ2) is 7.91. The molecule has 0 spiro atoms. The lowest BCUT2D eigenvalue weighted by molar-refractivity contribution is 0.102. The number of benzene rings is 2. The first kappa shape index (κ1) is 18.8. The SMILES string of the molecule is O=C(Nc1ccc(N2CCOCC2)c(F)c1)c1nn(-c2ccccc2)c2c1CCC2. The summed E-state index contributed by atoms with van der Waals surface area (Å²) in [7, 11) is 0. The number of amides is 1. The fourth-order valence-corrected chi connectivity index (χ4v) is 4.24. The average Bonchev–Trinajstić information content (AvgIpc) is 3.38. The predicted octanol–water partition coefficient (Wildman–Crippen LogP) is 3.59. The van der Waals surface area contributed by atoms with Gasteiger partial charge in [-0.2, -0.15) is 5.10 Å². The van der Waals surface area contributed by atoms with Gasteiger partial charge >= 0.3 is 0 Å². The molecule has 1 aliphatic carbocycles. The van der Waals surface area contributed by atoms with Crippen molar-refractivity contribution in [2.45, 2.75) is 19.3 Å². The first-order chi connectivity index (χ1) is 14.7. The third kappa shape index (κ3) is 3.45. The number of morpholine rings is 1. The van der Waals surface area contributed by atoms with Crippen LogP contribution in [0.5, 0.6) is 0 Å². The van der Waals surface area contributed by atoms with Gasteiger partial charge in [-0.1, -0.05) is 18.2 Å². The summed E-state index contributed by atoms with van der Waals surface area (Å²) in [5.74, 6) is -0.656. The molecule has 0 bridgehead atoms. The van der Waals surface area contributed by atoms with Crippen LogP contribution in [0, 0.1) is 5.82 Å². The van der Waals surface area contributed by atoms with Gasteiger partial charge < -0.3 is 15.0 Å². The first-order valence-corrected chi connectivity index (χ1v) is 10.3. The molecular formula is C23H23FN4O2. The van der Waals surface area contributed by atoms with Gasteiger partial charge in [-0.15, -0.1) is 0 Å². The zero-order valence-corrected chi connectivity index (χ0v) is 16.6. The number of hydrogen-bond donors (Lipinski definition) is 1. The number of nitrogens with one attached hydrogen (secondary N) is 1. The molecule has 1 aliphatic heterocycles. The van der Waals surface area contributed by atoms with Crippen LogP contribution in [0.4, 0.5) is 15.8 Å². The summed E-state index contributed by atoms with van der Waals surface area (Å²) in [5.41, 5.74) is 4.39. The zero-order chi connectivity index (χ0) is 20.5. The number of halogens is 1. The van der Waals surface area contributed by atoms with Crippen molar-refractivity contribution in [1.29, 1.82) is 0 Å². The van der Waals surface area contributed by atoms with E-state index in [2.05, 4.69) is 10.4 Å². The Bertz CT molecular complexity index is 1070. The topological polar surface area (TPSA) is 59.4 Å². The van der Waals surface area contributed by atoms with Gasteiger partial charge in [0.05, 0.1) is 24.6 Å². The van der Waals surface area contributed by atoms with Gasteiger partial charge in [-0.3, -0.25) is 4.79 Å². The predicted molar refractivity (Wildman–Crippen MR) is 113 cm³/mol. The van der Waals surface area contributed by atoms with Gasteiger partial charge in [-0.25, -0.2) is 9.07 Å². The molecular weight excluding hydrogens is 383 g/mol. The van der Waals surface area contributed by atoms with Crippen LogP contribution < -0.4 is 10.2 Å². The summed E-state index contributed by atoms with van der Waals surface area (Å²) >= 11 is 0. The highest BCUT2D eigenvalue weighted by Gasteiger charge is 2.27. The van der Waals surface area contributed by atoms with Crippen LogP contribution >= 0.6 is 0 Å². The maximum absolute atomic E-state index is 14.7. The summed E-state index contributed by atoms with van der Waals surface area (Å²) < 4.78 is 21.9. The maximum Gasteiger partial charge on any atom is 0.276 e. The summed E-state index contributed by atoms with van der Waals surface area (Å²) in [6.45, 7) is 2.50. The van der Waals surface area contributed by atoms with Crippen LogP contribution in [0.2, 0.25) is 0 Å². The molecule has 3 aromatic rings. The lowest BCUT2D eigenvalue weighted by atomic mass is 10.2. The highest BCUT2D eigenvalue weighted by Crippen LogP contribution is 2.29. The van der Waals surface area contributed by atoms with Crippen LogP contribution in [0.3, 0.4) is 0 Å². The number of carbonyl (C=O) groups excluding carboxylic acids is 1. The fraction of sp³-hybridized carbons (Fsp3) is 0.304. The average molecular weight is 406 g/mol. The molecule has 1 saturated heterocycles. The van der Waals surface area contributed by atoms with E-state index >= 15 is 0 Å². The van der Waals surface area contributed by atoms with E-state index < -0.39 is 0 Å². The van der Waals surface area contributed by atoms with E-state index in [-0.39, 0.29) is 11.7 Å². The molecule has 0 unspecified atom stereocenters. The van der Waals surface area contributed by atoms with E-state index in [9.17, 15) is 9.18 Å². The van der Waals surface area contributed by atoms with Crippen molar-refractivity contribution < 1.29 is 13.9 Å². The molecule has 2 aromatic carbocycles. The molecule has 1 aromatic heterocycles. The van der Waals surface area contributed by atoms with Crippen LogP contribution in [0.1, 0.15) is 28.2 Å². The van der Waals surface area contributed by atoms with Gasteiger partial charge in [0.25, 0.3) is 5.91 Å². The number of para-hydroxylation sites is 1. The normalized spacial score (nSPS) is 15.8. The molecule has 0 saturated carbocycles. The quantitative estimate of drug-likeness (QED) is 0.719. The van der Waals surface area contributed by atoms with Gasteiger partial charge in [0.2, 0.25) is 0 Å². The summed E-state index contributed by atoms with van der Waals surface area (Å²) in [4.78, 5) is 14.9. The highest BCUT2D eigenvalue weighted by atomic mass is 19.1. The van der Waals surface area contributed by atoms with Gasteiger partial charge in [0.15, 0.2) is 5.69 Å². The van der Waals surface area contributed by atoms with Crippen LogP contribution in [0.25, 0.3) is 5.69 Å². The Kier molecular flexibility index (Phi) is 4.96. The summed E-state index contributed by atoms with van der Waals surface area (Å²) in [6, 6.07) is 14.6.